The predicted octanol–water partition coefficient (Wildman–Crippen LogP) is 10.5. The van der Waals surface area contributed by atoms with E-state index in [9.17, 15) is 0 Å². The fourth-order valence-corrected chi connectivity index (χ4v) is 6.81. The molecule has 41 heavy (non-hydrogen) atoms. The van der Waals surface area contributed by atoms with Crippen LogP contribution in [-0.2, 0) is 0 Å². The number of hydrogen-bond donors (Lipinski definition) is 0. The molecule has 0 amide bonds. The molecule has 9 aromatic rings. The third-order valence-corrected chi connectivity index (χ3v) is 8.56. The van der Waals surface area contributed by atoms with Crippen LogP contribution in [0.3, 0.4) is 0 Å². The van der Waals surface area contributed by atoms with Crippen molar-refractivity contribution in [3.05, 3.63) is 146 Å². The third kappa shape index (κ3) is 3.16. The summed E-state index contributed by atoms with van der Waals surface area (Å²) >= 11 is 0. The van der Waals surface area contributed by atoms with E-state index in [-0.39, 0.29) is 0 Å². The molecule has 0 spiro atoms. The van der Waals surface area contributed by atoms with E-state index >= 15 is 0 Å². The zero-order valence-electron chi connectivity index (χ0n) is 22.3. The topological polar surface area (TPSA) is 17.8 Å². The molecular formula is C39H24N2. The van der Waals surface area contributed by atoms with Crippen LogP contribution >= 0.6 is 0 Å². The Morgan fingerprint density at radius 2 is 0.951 bits per heavy atom. The fourth-order valence-electron chi connectivity index (χ4n) is 6.81. The van der Waals surface area contributed by atoms with Crippen LogP contribution in [0.2, 0.25) is 0 Å². The lowest BCUT2D eigenvalue weighted by atomic mass is 9.93. The van der Waals surface area contributed by atoms with E-state index in [4.69, 9.17) is 4.98 Å². The van der Waals surface area contributed by atoms with Crippen LogP contribution in [0.5, 0.6) is 0 Å². The van der Waals surface area contributed by atoms with Gasteiger partial charge in [-0.15, -0.1) is 0 Å². The maximum Gasteiger partial charge on any atom is 0.138 e. The van der Waals surface area contributed by atoms with E-state index in [0.29, 0.717) is 0 Å². The Morgan fingerprint density at radius 1 is 0.415 bits per heavy atom. The Hall–Kier alpha value is -5.47. The molecule has 0 atom stereocenters. The average Bonchev–Trinajstić information content (AvgIpc) is 3.39. The van der Waals surface area contributed by atoms with Crippen LogP contribution in [0.4, 0.5) is 0 Å². The smallest absolute Gasteiger partial charge is 0.138 e. The van der Waals surface area contributed by atoms with E-state index in [1.165, 1.54) is 59.7 Å². The van der Waals surface area contributed by atoms with Crippen LogP contribution in [0.1, 0.15) is 0 Å². The molecule has 0 N–H and O–H groups in total. The number of fused-ring (bicyclic) bond motifs is 11. The first kappa shape index (κ1) is 22.4. The van der Waals surface area contributed by atoms with Gasteiger partial charge in [-0.25, -0.2) is 4.98 Å². The summed E-state index contributed by atoms with van der Waals surface area (Å²) in [6, 6.07) is 52.4. The molecule has 0 aliphatic heterocycles. The zero-order chi connectivity index (χ0) is 26.9. The first-order chi connectivity index (χ1) is 20.4. The average molecular weight is 521 g/mol. The lowest BCUT2D eigenvalue weighted by molar-refractivity contribution is 1.11. The highest BCUT2D eigenvalue weighted by Gasteiger charge is 2.20. The Morgan fingerprint density at radius 3 is 1.71 bits per heavy atom. The summed E-state index contributed by atoms with van der Waals surface area (Å²) in [6.07, 6.45) is 0. The molecular weight excluding hydrogens is 496 g/mol. The molecule has 0 aliphatic carbocycles. The number of para-hydroxylation sites is 2. The van der Waals surface area contributed by atoms with Gasteiger partial charge in [0.1, 0.15) is 5.82 Å². The highest BCUT2D eigenvalue weighted by molar-refractivity contribution is 6.33. The molecule has 0 aliphatic rings. The molecule has 2 heteroatoms. The normalized spacial score (nSPS) is 11.9. The first-order valence-corrected chi connectivity index (χ1v) is 14.1. The molecule has 0 bridgehead atoms. The number of rotatable bonds is 2. The summed E-state index contributed by atoms with van der Waals surface area (Å²) in [5, 5.41) is 11.3. The van der Waals surface area contributed by atoms with Gasteiger partial charge in [0.15, 0.2) is 0 Å². The Bertz CT molecular complexity index is 2430. The van der Waals surface area contributed by atoms with E-state index in [0.717, 1.165) is 22.2 Å². The molecule has 2 aromatic heterocycles. The minimum Gasteiger partial charge on any atom is -0.293 e. The van der Waals surface area contributed by atoms with E-state index in [1.54, 1.807) is 0 Å². The van der Waals surface area contributed by atoms with Crippen LogP contribution in [0, 0.1) is 0 Å². The van der Waals surface area contributed by atoms with Crippen molar-refractivity contribution >= 4 is 65.0 Å². The van der Waals surface area contributed by atoms with Gasteiger partial charge in [0.25, 0.3) is 0 Å². The molecule has 7 aromatic carbocycles. The molecule has 0 radical (unpaired) electrons. The molecule has 2 heterocycles. The Kier molecular flexibility index (Phi) is 4.64. The van der Waals surface area contributed by atoms with Gasteiger partial charge in [-0.05, 0) is 56.3 Å². The first-order valence-electron chi connectivity index (χ1n) is 14.1. The summed E-state index contributed by atoms with van der Waals surface area (Å²) in [5.74, 6) is 0.929. The number of aromatic nitrogens is 2. The number of benzene rings is 7. The van der Waals surface area contributed by atoms with Gasteiger partial charge in [-0.3, -0.25) is 4.57 Å². The van der Waals surface area contributed by atoms with Gasteiger partial charge in [0.2, 0.25) is 0 Å². The molecule has 0 saturated heterocycles. The monoisotopic (exact) mass is 520 g/mol. The van der Waals surface area contributed by atoms with Crippen molar-refractivity contribution in [2.24, 2.45) is 0 Å². The number of pyridine rings is 1. The molecule has 190 valence electrons. The summed E-state index contributed by atoms with van der Waals surface area (Å²) < 4.78 is 2.40. The third-order valence-electron chi connectivity index (χ3n) is 8.56. The lowest BCUT2D eigenvalue weighted by Gasteiger charge is -2.15. The largest absolute Gasteiger partial charge is 0.293 e. The van der Waals surface area contributed by atoms with E-state index < -0.39 is 0 Å². The molecule has 0 saturated carbocycles. The van der Waals surface area contributed by atoms with Crippen molar-refractivity contribution in [2.75, 3.05) is 0 Å². The van der Waals surface area contributed by atoms with Gasteiger partial charge in [-0.2, -0.15) is 0 Å². The minimum atomic E-state index is 0.929. The van der Waals surface area contributed by atoms with Crippen LogP contribution in [0.25, 0.3) is 82.0 Å². The summed E-state index contributed by atoms with van der Waals surface area (Å²) in [5.41, 5.74) is 5.73. The van der Waals surface area contributed by atoms with Crippen LogP contribution < -0.4 is 0 Å². The minimum absolute atomic E-state index is 0.929. The lowest BCUT2D eigenvalue weighted by Crippen LogP contribution is -2.00. The highest BCUT2D eigenvalue weighted by Crippen LogP contribution is 2.43. The van der Waals surface area contributed by atoms with Crippen molar-refractivity contribution in [1.29, 1.82) is 0 Å². The standard InChI is InChI=1S/C39H24N2/c1-2-12-25(13-3-1)34-24-37(40-35-20-10-8-17-29(34)35)41-36-21-11-9-18-30(36)33-23-22-32-28-16-5-4-14-26(28)27-15-6-7-19-31(27)38(32)39(33)41/h1-24H. The quantitative estimate of drug-likeness (QED) is 0.207. The number of hydrogen-bond acceptors (Lipinski definition) is 1. The van der Waals surface area contributed by atoms with Crippen molar-refractivity contribution in [3.8, 4) is 16.9 Å². The molecule has 0 unspecified atom stereocenters. The van der Waals surface area contributed by atoms with E-state index in [2.05, 4.69) is 150 Å². The molecule has 0 fully saturated rings. The summed E-state index contributed by atoms with van der Waals surface area (Å²) in [4.78, 5) is 5.32. The van der Waals surface area contributed by atoms with Crippen molar-refractivity contribution in [2.45, 2.75) is 0 Å². The van der Waals surface area contributed by atoms with Crippen molar-refractivity contribution in [3.63, 3.8) is 0 Å². The van der Waals surface area contributed by atoms with Gasteiger partial charge in [-0.1, -0.05) is 127 Å². The Balaban J connectivity index is 1.53. The SMILES string of the molecule is c1ccc(-c2cc(-n3c4ccccc4c4ccc5c6ccccc6c6ccccc6c5c43)nc3ccccc23)cc1. The van der Waals surface area contributed by atoms with Gasteiger partial charge < -0.3 is 0 Å². The van der Waals surface area contributed by atoms with Crippen molar-refractivity contribution in [1.82, 2.24) is 9.55 Å². The second-order valence-corrected chi connectivity index (χ2v) is 10.7. The van der Waals surface area contributed by atoms with Crippen LogP contribution in [-0.4, -0.2) is 9.55 Å². The second-order valence-electron chi connectivity index (χ2n) is 10.7. The number of nitrogens with zero attached hydrogens (tertiary/aromatic N) is 2. The molecule has 9 rings (SSSR count). The van der Waals surface area contributed by atoms with Gasteiger partial charge in [0.05, 0.1) is 16.6 Å². The van der Waals surface area contributed by atoms with E-state index in [1.807, 2.05) is 0 Å². The maximum absolute atomic E-state index is 5.32. The second kappa shape index (κ2) is 8.51. The van der Waals surface area contributed by atoms with Crippen molar-refractivity contribution < 1.29 is 0 Å². The van der Waals surface area contributed by atoms with Gasteiger partial charge >= 0.3 is 0 Å². The Labute approximate surface area is 236 Å². The maximum atomic E-state index is 5.32. The summed E-state index contributed by atoms with van der Waals surface area (Å²) in [6.45, 7) is 0. The van der Waals surface area contributed by atoms with Crippen LogP contribution in [0.15, 0.2) is 146 Å². The summed E-state index contributed by atoms with van der Waals surface area (Å²) in [7, 11) is 0. The van der Waals surface area contributed by atoms with Gasteiger partial charge in [0, 0.05) is 21.5 Å². The molecule has 2 nitrogen and oxygen atoms in total. The predicted molar refractivity (Wildman–Crippen MR) is 174 cm³/mol. The fraction of sp³-hybridized carbons (Fsp3) is 0. The zero-order valence-corrected chi connectivity index (χ0v) is 22.3. The highest BCUT2D eigenvalue weighted by atomic mass is 15.1.